The van der Waals surface area contributed by atoms with Crippen LogP contribution in [-0.4, -0.2) is 23.8 Å². The summed E-state index contributed by atoms with van der Waals surface area (Å²) in [6.07, 6.45) is 0.701. The van der Waals surface area contributed by atoms with Gasteiger partial charge in [-0.1, -0.05) is 24.3 Å². The van der Waals surface area contributed by atoms with Gasteiger partial charge in [0.15, 0.2) is 12.9 Å². The van der Waals surface area contributed by atoms with Crippen LogP contribution < -0.4 is 10.1 Å². The van der Waals surface area contributed by atoms with Crippen LogP contribution >= 0.6 is 11.3 Å². The quantitative estimate of drug-likeness (QED) is 0.682. The maximum absolute atomic E-state index is 12.0. The van der Waals surface area contributed by atoms with E-state index in [9.17, 15) is 9.59 Å². The lowest BCUT2D eigenvalue weighted by Gasteiger charge is -2.09. The molecule has 1 aromatic heterocycles. The number of aromatic nitrogens is 1. The molecule has 0 bridgehead atoms. The van der Waals surface area contributed by atoms with E-state index in [1.807, 2.05) is 36.6 Å². The second kappa shape index (κ2) is 7.72. The molecule has 0 unspecified atom stereocenters. The Kier molecular flexibility index (Phi) is 5.20. The van der Waals surface area contributed by atoms with Crippen molar-refractivity contribution in [2.24, 2.45) is 0 Å². The SMILES string of the molecule is Cc1nc(-c2ccc(NC(=O)COc3ccccc3C=O)cc2)cs1. The molecule has 0 aliphatic rings. The summed E-state index contributed by atoms with van der Waals surface area (Å²) in [4.78, 5) is 27.4. The number of anilines is 1. The van der Waals surface area contributed by atoms with Crippen molar-refractivity contribution in [2.45, 2.75) is 6.92 Å². The van der Waals surface area contributed by atoms with Crippen LogP contribution in [0.1, 0.15) is 15.4 Å². The molecule has 0 atom stereocenters. The lowest BCUT2D eigenvalue weighted by Crippen LogP contribution is -2.20. The van der Waals surface area contributed by atoms with Gasteiger partial charge in [0.1, 0.15) is 5.75 Å². The number of ether oxygens (including phenoxy) is 1. The number of nitrogens with zero attached hydrogens (tertiary/aromatic N) is 1. The molecule has 0 aliphatic carbocycles. The number of aryl methyl sites for hydroxylation is 1. The van der Waals surface area contributed by atoms with Crippen LogP contribution in [0.15, 0.2) is 53.9 Å². The van der Waals surface area contributed by atoms with E-state index in [2.05, 4.69) is 10.3 Å². The summed E-state index contributed by atoms with van der Waals surface area (Å²) in [5.74, 6) is 0.0971. The number of thiazole rings is 1. The number of para-hydroxylation sites is 1. The average Bonchev–Trinajstić information content (AvgIpc) is 3.07. The van der Waals surface area contributed by atoms with Crippen LogP contribution in [-0.2, 0) is 4.79 Å². The minimum Gasteiger partial charge on any atom is -0.483 e. The fraction of sp³-hybridized carbons (Fsp3) is 0.105. The molecule has 2 aromatic carbocycles. The van der Waals surface area contributed by atoms with Crippen molar-refractivity contribution in [3.63, 3.8) is 0 Å². The van der Waals surface area contributed by atoms with E-state index in [0.29, 0.717) is 23.3 Å². The Hall–Kier alpha value is -2.99. The molecular weight excluding hydrogens is 336 g/mol. The highest BCUT2D eigenvalue weighted by Crippen LogP contribution is 2.23. The zero-order valence-corrected chi connectivity index (χ0v) is 14.4. The summed E-state index contributed by atoms with van der Waals surface area (Å²) in [6.45, 7) is 1.80. The van der Waals surface area contributed by atoms with E-state index in [4.69, 9.17) is 4.74 Å². The van der Waals surface area contributed by atoms with Gasteiger partial charge in [-0.05, 0) is 31.2 Å². The van der Waals surface area contributed by atoms with Gasteiger partial charge in [0.05, 0.1) is 16.3 Å². The van der Waals surface area contributed by atoms with Crippen molar-refractivity contribution in [3.8, 4) is 17.0 Å². The highest BCUT2D eigenvalue weighted by molar-refractivity contribution is 7.09. The summed E-state index contributed by atoms with van der Waals surface area (Å²) in [7, 11) is 0. The number of nitrogens with one attached hydrogen (secondary N) is 1. The Morgan fingerprint density at radius 2 is 1.96 bits per heavy atom. The molecule has 126 valence electrons. The molecule has 0 radical (unpaired) electrons. The number of hydrogen-bond acceptors (Lipinski definition) is 5. The van der Waals surface area contributed by atoms with Gasteiger partial charge in [0.2, 0.25) is 0 Å². The van der Waals surface area contributed by atoms with Crippen molar-refractivity contribution in [1.82, 2.24) is 4.98 Å². The first kappa shape index (κ1) is 16.9. The van der Waals surface area contributed by atoms with Gasteiger partial charge in [-0.3, -0.25) is 9.59 Å². The van der Waals surface area contributed by atoms with Crippen molar-refractivity contribution >= 4 is 29.2 Å². The predicted octanol–water partition coefficient (Wildman–Crippen LogP) is 3.95. The van der Waals surface area contributed by atoms with Gasteiger partial charge < -0.3 is 10.1 Å². The van der Waals surface area contributed by atoms with Gasteiger partial charge in [-0.25, -0.2) is 4.98 Å². The minimum absolute atomic E-state index is 0.169. The fourth-order valence-electron chi connectivity index (χ4n) is 2.27. The fourth-order valence-corrected chi connectivity index (χ4v) is 2.89. The molecule has 0 saturated carbocycles. The molecule has 1 amide bonds. The van der Waals surface area contributed by atoms with E-state index >= 15 is 0 Å². The third-order valence-electron chi connectivity index (χ3n) is 3.49. The molecule has 5 nitrogen and oxygen atoms in total. The Labute approximate surface area is 149 Å². The maximum Gasteiger partial charge on any atom is 0.262 e. The summed E-state index contributed by atoms with van der Waals surface area (Å²) in [6, 6.07) is 14.2. The number of carbonyl (C=O) groups is 2. The summed E-state index contributed by atoms with van der Waals surface area (Å²) >= 11 is 1.60. The minimum atomic E-state index is -0.294. The van der Waals surface area contributed by atoms with Crippen LogP contribution in [0.25, 0.3) is 11.3 Å². The Bertz CT molecular complexity index is 888. The monoisotopic (exact) mass is 352 g/mol. The Morgan fingerprint density at radius 1 is 1.20 bits per heavy atom. The lowest BCUT2D eigenvalue weighted by atomic mass is 10.1. The molecule has 0 spiro atoms. The Morgan fingerprint density at radius 3 is 2.64 bits per heavy atom. The summed E-state index contributed by atoms with van der Waals surface area (Å²) < 4.78 is 5.41. The average molecular weight is 352 g/mol. The smallest absolute Gasteiger partial charge is 0.262 e. The van der Waals surface area contributed by atoms with E-state index in [1.165, 1.54) is 0 Å². The van der Waals surface area contributed by atoms with E-state index in [1.54, 1.807) is 35.6 Å². The van der Waals surface area contributed by atoms with Crippen molar-refractivity contribution < 1.29 is 14.3 Å². The standard InChI is InChI=1S/C19H16N2O3S/c1-13-20-17(12-25-13)14-6-8-16(9-7-14)21-19(23)11-24-18-5-3-2-4-15(18)10-22/h2-10,12H,11H2,1H3,(H,21,23). The van der Waals surface area contributed by atoms with Gasteiger partial charge in [-0.15, -0.1) is 11.3 Å². The number of benzene rings is 2. The summed E-state index contributed by atoms with van der Waals surface area (Å²) in [5.41, 5.74) is 3.01. The second-order valence-corrected chi connectivity index (χ2v) is 6.38. The van der Waals surface area contributed by atoms with E-state index < -0.39 is 0 Å². The first-order valence-electron chi connectivity index (χ1n) is 7.65. The molecular formula is C19H16N2O3S. The first-order valence-corrected chi connectivity index (χ1v) is 8.53. The number of rotatable bonds is 6. The summed E-state index contributed by atoms with van der Waals surface area (Å²) in [5, 5.41) is 5.78. The molecule has 25 heavy (non-hydrogen) atoms. The van der Waals surface area contributed by atoms with E-state index in [0.717, 1.165) is 16.3 Å². The lowest BCUT2D eigenvalue weighted by molar-refractivity contribution is -0.118. The van der Waals surface area contributed by atoms with Crippen molar-refractivity contribution in [1.29, 1.82) is 0 Å². The third kappa shape index (κ3) is 4.30. The van der Waals surface area contributed by atoms with Gasteiger partial charge in [0.25, 0.3) is 5.91 Å². The molecule has 1 heterocycles. The molecule has 0 saturated heterocycles. The maximum atomic E-state index is 12.0. The topological polar surface area (TPSA) is 68.3 Å². The molecule has 6 heteroatoms. The molecule has 0 fully saturated rings. The van der Waals surface area contributed by atoms with Crippen LogP contribution in [0.4, 0.5) is 5.69 Å². The predicted molar refractivity (Wildman–Crippen MR) is 98.2 cm³/mol. The van der Waals surface area contributed by atoms with E-state index in [-0.39, 0.29) is 12.5 Å². The number of carbonyl (C=O) groups excluding carboxylic acids is 2. The number of aldehydes is 1. The zero-order valence-electron chi connectivity index (χ0n) is 13.6. The highest BCUT2D eigenvalue weighted by atomic mass is 32.1. The zero-order chi connectivity index (χ0) is 17.6. The normalized spacial score (nSPS) is 10.3. The van der Waals surface area contributed by atoms with Gasteiger partial charge in [0, 0.05) is 16.6 Å². The largest absolute Gasteiger partial charge is 0.483 e. The first-order chi connectivity index (χ1) is 12.2. The molecule has 0 aliphatic heterocycles. The van der Waals surface area contributed by atoms with Crippen LogP contribution in [0.3, 0.4) is 0 Å². The van der Waals surface area contributed by atoms with Gasteiger partial charge >= 0.3 is 0 Å². The molecule has 3 rings (SSSR count). The molecule has 3 aromatic rings. The van der Waals surface area contributed by atoms with Crippen LogP contribution in [0.2, 0.25) is 0 Å². The van der Waals surface area contributed by atoms with Crippen molar-refractivity contribution in [2.75, 3.05) is 11.9 Å². The van der Waals surface area contributed by atoms with Crippen molar-refractivity contribution in [3.05, 3.63) is 64.5 Å². The number of hydrogen-bond donors (Lipinski definition) is 1. The highest BCUT2D eigenvalue weighted by Gasteiger charge is 2.07. The third-order valence-corrected chi connectivity index (χ3v) is 4.26. The van der Waals surface area contributed by atoms with Crippen LogP contribution in [0.5, 0.6) is 5.75 Å². The molecule has 1 N–H and O–H groups in total. The number of amides is 1. The Balaban J connectivity index is 1.58. The second-order valence-electron chi connectivity index (χ2n) is 5.32. The van der Waals surface area contributed by atoms with Gasteiger partial charge in [-0.2, -0.15) is 0 Å². The van der Waals surface area contributed by atoms with Crippen LogP contribution in [0, 0.1) is 6.92 Å².